The van der Waals surface area contributed by atoms with Gasteiger partial charge in [-0.1, -0.05) is 20.8 Å². The summed E-state index contributed by atoms with van der Waals surface area (Å²) in [5, 5.41) is 26.4. The molecule has 0 radical (unpaired) electrons. The van der Waals surface area contributed by atoms with Gasteiger partial charge >= 0.3 is 5.97 Å². The Morgan fingerprint density at radius 2 is 1.95 bits per heavy atom. The molecule has 1 heterocycles. The van der Waals surface area contributed by atoms with E-state index in [0.29, 0.717) is 11.1 Å². The number of rotatable bonds is 3. The van der Waals surface area contributed by atoms with Crippen LogP contribution in [0.5, 0.6) is 11.5 Å². The number of hydrogen-bond acceptors (Lipinski definition) is 4. The number of aromatic amines is 1. The second-order valence-electron chi connectivity index (χ2n) is 5.79. The Kier molecular flexibility index (Phi) is 3.63. The van der Waals surface area contributed by atoms with Crippen LogP contribution in [0.1, 0.15) is 36.8 Å². The van der Waals surface area contributed by atoms with Gasteiger partial charge in [-0.05, 0) is 12.1 Å². The number of hydrogen-bond donors (Lipinski definition) is 3. The van der Waals surface area contributed by atoms with Crippen LogP contribution in [0.2, 0.25) is 0 Å². The highest BCUT2D eigenvalue weighted by Gasteiger charge is 2.24. The van der Waals surface area contributed by atoms with E-state index < -0.39 is 5.97 Å². The lowest BCUT2D eigenvalue weighted by atomic mass is 9.87. The van der Waals surface area contributed by atoms with Crippen molar-refractivity contribution in [2.75, 3.05) is 7.11 Å². The molecule has 0 bridgehead atoms. The molecule has 0 unspecified atom stereocenters. The molecular weight excluding hydrogens is 272 g/mol. The van der Waals surface area contributed by atoms with Gasteiger partial charge in [0.15, 0.2) is 11.5 Å². The van der Waals surface area contributed by atoms with E-state index in [9.17, 15) is 15.0 Å². The van der Waals surface area contributed by atoms with Crippen molar-refractivity contribution < 1.29 is 19.7 Å². The highest BCUT2D eigenvalue weighted by atomic mass is 16.5. The number of ether oxygens (including phenoxy) is 1. The fraction of sp³-hybridized carbons (Fsp3) is 0.333. The van der Waals surface area contributed by atoms with Gasteiger partial charge in [-0.25, -0.2) is 4.79 Å². The van der Waals surface area contributed by atoms with Crippen molar-refractivity contribution >= 4 is 5.97 Å². The number of carboxylic acids is 1. The zero-order valence-corrected chi connectivity index (χ0v) is 12.4. The third kappa shape index (κ3) is 2.69. The summed E-state index contributed by atoms with van der Waals surface area (Å²) in [7, 11) is 1.38. The van der Waals surface area contributed by atoms with E-state index in [1.54, 1.807) is 6.20 Å². The fourth-order valence-corrected chi connectivity index (χ4v) is 2.15. The van der Waals surface area contributed by atoms with Crippen molar-refractivity contribution in [2.45, 2.75) is 26.2 Å². The molecule has 3 N–H and O–H groups in total. The van der Waals surface area contributed by atoms with Crippen molar-refractivity contribution in [3.05, 3.63) is 29.6 Å². The van der Waals surface area contributed by atoms with Gasteiger partial charge in [0.2, 0.25) is 0 Å². The smallest absolute Gasteiger partial charge is 0.335 e. The summed E-state index contributed by atoms with van der Waals surface area (Å²) in [5.41, 5.74) is 1.65. The van der Waals surface area contributed by atoms with E-state index in [2.05, 4.69) is 10.2 Å². The molecule has 0 fully saturated rings. The van der Waals surface area contributed by atoms with E-state index in [1.165, 1.54) is 19.2 Å². The number of phenols is 1. The highest BCUT2D eigenvalue weighted by Crippen LogP contribution is 2.41. The minimum absolute atomic E-state index is 0.0423. The molecular formula is C15H18N2O4. The van der Waals surface area contributed by atoms with Gasteiger partial charge in [0.25, 0.3) is 0 Å². The van der Waals surface area contributed by atoms with Crippen LogP contribution in [0.4, 0.5) is 0 Å². The average Bonchev–Trinajstić information content (AvgIpc) is 2.87. The first-order valence-electron chi connectivity index (χ1n) is 6.44. The molecule has 0 aliphatic rings. The Labute approximate surface area is 122 Å². The van der Waals surface area contributed by atoms with Gasteiger partial charge in [-0.2, -0.15) is 5.10 Å². The minimum atomic E-state index is -1.09. The van der Waals surface area contributed by atoms with Crippen LogP contribution < -0.4 is 4.74 Å². The number of carbonyl (C=O) groups is 1. The maximum Gasteiger partial charge on any atom is 0.335 e. The summed E-state index contributed by atoms with van der Waals surface area (Å²) in [5.74, 6) is -1.07. The molecule has 0 amide bonds. The lowest BCUT2D eigenvalue weighted by Gasteiger charge is -2.19. The zero-order valence-electron chi connectivity index (χ0n) is 12.4. The van der Waals surface area contributed by atoms with E-state index in [4.69, 9.17) is 4.74 Å². The summed E-state index contributed by atoms with van der Waals surface area (Å²) in [6.07, 6.45) is 1.57. The van der Waals surface area contributed by atoms with Gasteiger partial charge < -0.3 is 14.9 Å². The van der Waals surface area contributed by atoms with Crippen LogP contribution in [-0.4, -0.2) is 33.5 Å². The molecule has 6 nitrogen and oxygen atoms in total. The molecule has 112 valence electrons. The molecule has 6 heteroatoms. The summed E-state index contributed by atoms with van der Waals surface area (Å²) in [4.78, 5) is 11.2. The third-order valence-electron chi connectivity index (χ3n) is 3.22. The van der Waals surface area contributed by atoms with E-state index in [-0.39, 0.29) is 22.5 Å². The van der Waals surface area contributed by atoms with E-state index >= 15 is 0 Å². The minimum Gasteiger partial charge on any atom is -0.504 e. The molecule has 0 saturated heterocycles. The SMILES string of the molecule is COc1cc(C(=O)O)cc(-c2cn[nH]c2C(C)(C)C)c1O. The van der Waals surface area contributed by atoms with E-state index in [0.717, 1.165) is 5.69 Å². The van der Waals surface area contributed by atoms with Crippen LogP contribution in [-0.2, 0) is 5.41 Å². The maximum absolute atomic E-state index is 11.2. The Morgan fingerprint density at radius 1 is 1.29 bits per heavy atom. The van der Waals surface area contributed by atoms with Crippen molar-refractivity contribution in [3.8, 4) is 22.6 Å². The summed E-state index contributed by atoms with van der Waals surface area (Å²) in [6, 6.07) is 2.71. The molecule has 21 heavy (non-hydrogen) atoms. The third-order valence-corrected chi connectivity index (χ3v) is 3.22. The topological polar surface area (TPSA) is 95.4 Å². The van der Waals surface area contributed by atoms with Gasteiger partial charge in [0.05, 0.1) is 18.9 Å². The molecule has 0 aliphatic heterocycles. The molecule has 1 aromatic heterocycles. The van der Waals surface area contributed by atoms with Crippen LogP contribution in [0.15, 0.2) is 18.3 Å². The van der Waals surface area contributed by atoms with Crippen molar-refractivity contribution in [1.82, 2.24) is 10.2 Å². The van der Waals surface area contributed by atoms with Crippen molar-refractivity contribution in [2.24, 2.45) is 0 Å². The predicted molar refractivity (Wildman–Crippen MR) is 77.9 cm³/mol. The van der Waals surface area contributed by atoms with Crippen LogP contribution >= 0.6 is 0 Å². The summed E-state index contributed by atoms with van der Waals surface area (Å²) in [6.45, 7) is 6.00. The standard InChI is InChI=1S/C15H18N2O4/c1-15(2,3)13-10(7-16-17-13)9-5-8(14(19)20)6-11(21-4)12(9)18/h5-7,18H,1-4H3,(H,16,17)(H,19,20). The number of aromatic hydroxyl groups is 1. The Bertz CT molecular complexity index is 683. The van der Waals surface area contributed by atoms with Gasteiger partial charge in [-0.3, -0.25) is 5.10 Å². The molecule has 1 aromatic carbocycles. The number of methoxy groups -OCH3 is 1. The lowest BCUT2D eigenvalue weighted by molar-refractivity contribution is 0.0696. The number of aromatic carboxylic acids is 1. The molecule has 0 saturated carbocycles. The van der Waals surface area contributed by atoms with Crippen LogP contribution in [0.3, 0.4) is 0 Å². The predicted octanol–water partition coefficient (Wildman–Crippen LogP) is 2.79. The molecule has 0 spiro atoms. The second-order valence-corrected chi connectivity index (χ2v) is 5.79. The van der Waals surface area contributed by atoms with Gasteiger partial charge in [-0.15, -0.1) is 0 Å². The summed E-state index contributed by atoms with van der Waals surface area (Å²) < 4.78 is 5.06. The Balaban J connectivity index is 2.72. The molecule has 0 atom stereocenters. The second kappa shape index (κ2) is 5.12. The average molecular weight is 290 g/mol. The Hall–Kier alpha value is -2.50. The number of nitrogens with zero attached hydrogens (tertiary/aromatic N) is 1. The zero-order chi connectivity index (χ0) is 15.8. The largest absolute Gasteiger partial charge is 0.504 e. The maximum atomic E-state index is 11.2. The quantitative estimate of drug-likeness (QED) is 0.807. The number of H-pyrrole nitrogens is 1. The van der Waals surface area contributed by atoms with Crippen LogP contribution in [0.25, 0.3) is 11.1 Å². The van der Waals surface area contributed by atoms with Crippen molar-refractivity contribution in [3.63, 3.8) is 0 Å². The highest BCUT2D eigenvalue weighted by molar-refractivity contribution is 5.92. The van der Waals surface area contributed by atoms with Gasteiger partial charge in [0, 0.05) is 22.2 Å². The van der Waals surface area contributed by atoms with Crippen LogP contribution in [0, 0.1) is 0 Å². The first-order valence-corrected chi connectivity index (χ1v) is 6.44. The van der Waals surface area contributed by atoms with Crippen molar-refractivity contribution in [1.29, 1.82) is 0 Å². The van der Waals surface area contributed by atoms with E-state index in [1.807, 2.05) is 20.8 Å². The number of carboxylic acid groups (broad SMARTS) is 1. The summed E-state index contributed by atoms with van der Waals surface area (Å²) >= 11 is 0. The molecule has 2 rings (SSSR count). The molecule has 0 aliphatic carbocycles. The van der Waals surface area contributed by atoms with Gasteiger partial charge in [0.1, 0.15) is 0 Å². The number of nitrogens with one attached hydrogen (secondary N) is 1. The molecule has 2 aromatic rings. The first-order chi connectivity index (χ1) is 9.75. The Morgan fingerprint density at radius 3 is 2.48 bits per heavy atom. The number of aromatic nitrogens is 2. The monoisotopic (exact) mass is 290 g/mol. The lowest BCUT2D eigenvalue weighted by Crippen LogP contribution is -2.13. The first kappa shape index (κ1) is 14.9. The number of benzene rings is 1. The number of phenolic OH excluding ortho intramolecular Hbond substituents is 1. The normalized spacial score (nSPS) is 11.4. The fourth-order valence-electron chi connectivity index (χ4n) is 2.15.